The lowest BCUT2D eigenvalue weighted by molar-refractivity contribution is -0.384. The van der Waals surface area contributed by atoms with Crippen LogP contribution in [-0.4, -0.2) is 53.4 Å². The van der Waals surface area contributed by atoms with Crippen molar-refractivity contribution < 1.29 is 9.72 Å². The summed E-state index contributed by atoms with van der Waals surface area (Å²) in [5.74, 6) is 5.13. The minimum Gasteiger partial charge on any atom is -0.336 e. The molecule has 8 heteroatoms. The summed E-state index contributed by atoms with van der Waals surface area (Å²) in [6.45, 7) is 5.87. The Morgan fingerprint density at radius 3 is 2.57 bits per heavy atom. The van der Waals surface area contributed by atoms with Gasteiger partial charge in [0, 0.05) is 32.2 Å². The molecule has 0 bridgehead atoms. The Morgan fingerprint density at radius 1 is 1.38 bits per heavy atom. The molecule has 0 unspecified atom stereocenters. The Kier molecular flexibility index (Phi) is 4.71. The van der Waals surface area contributed by atoms with Crippen LogP contribution in [0.5, 0.6) is 0 Å². The molecule has 0 aromatic heterocycles. The molecule has 1 fully saturated rings. The number of nitro benzene ring substituents is 1. The molecule has 1 aromatic carbocycles. The van der Waals surface area contributed by atoms with E-state index < -0.39 is 4.92 Å². The van der Waals surface area contributed by atoms with Gasteiger partial charge in [-0.15, -0.1) is 0 Å². The molecule has 0 saturated carbocycles. The monoisotopic (exact) mass is 293 g/mol. The number of nitrogens with two attached hydrogens (primary N) is 1. The molecular formula is C13H19N5O3. The maximum Gasteiger partial charge on any atom is 0.294 e. The van der Waals surface area contributed by atoms with Gasteiger partial charge in [0.1, 0.15) is 5.69 Å². The summed E-state index contributed by atoms with van der Waals surface area (Å²) in [6.07, 6.45) is 0. The molecule has 1 heterocycles. The zero-order valence-corrected chi connectivity index (χ0v) is 11.9. The van der Waals surface area contributed by atoms with Crippen molar-refractivity contribution in [2.24, 2.45) is 5.84 Å². The predicted octanol–water partition coefficient (Wildman–Crippen LogP) is 0.658. The number of rotatable bonds is 4. The molecule has 1 aliphatic rings. The minimum atomic E-state index is -0.555. The van der Waals surface area contributed by atoms with Gasteiger partial charge in [-0.2, -0.15) is 0 Å². The van der Waals surface area contributed by atoms with Gasteiger partial charge < -0.3 is 15.2 Å². The number of anilines is 1. The molecule has 0 radical (unpaired) electrons. The second kappa shape index (κ2) is 6.51. The van der Waals surface area contributed by atoms with E-state index in [0.717, 1.165) is 19.6 Å². The van der Waals surface area contributed by atoms with E-state index in [2.05, 4.69) is 17.2 Å². The van der Waals surface area contributed by atoms with Crippen LogP contribution in [0, 0.1) is 10.1 Å². The van der Waals surface area contributed by atoms with Crippen molar-refractivity contribution in [2.45, 2.75) is 6.92 Å². The number of nitro groups is 1. The molecule has 1 aromatic rings. The summed E-state index contributed by atoms with van der Waals surface area (Å²) < 4.78 is 0. The fourth-order valence-corrected chi connectivity index (χ4v) is 2.46. The van der Waals surface area contributed by atoms with E-state index in [1.807, 2.05) is 0 Å². The molecule has 114 valence electrons. The maximum atomic E-state index is 12.5. The van der Waals surface area contributed by atoms with Crippen LogP contribution in [0.1, 0.15) is 17.3 Å². The van der Waals surface area contributed by atoms with E-state index in [4.69, 9.17) is 5.84 Å². The molecule has 2 rings (SSSR count). The number of hydrazine groups is 1. The highest BCUT2D eigenvalue weighted by atomic mass is 16.6. The number of benzene rings is 1. The number of carbonyl (C=O) groups is 1. The van der Waals surface area contributed by atoms with Crippen molar-refractivity contribution in [1.29, 1.82) is 0 Å². The number of nitrogen functional groups attached to an aromatic ring is 1. The number of carbonyl (C=O) groups excluding carboxylic acids is 1. The van der Waals surface area contributed by atoms with Crippen molar-refractivity contribution >= 4 is 17.3 Å². The number of piperazine rings is 1. The Bertz CT molecular complexity index is 541. The van der Waals surface area contributed by atoms with E-state index in [9.17, 15) is 14.9 Å². The lowest BCUT2D eigenvalue weighted by atomic mass is 10.1. The lowest BCUT2D eigenvalue weighted by Gasteiger charge is -2.34. The number of likely N-dealkylation sites (N-methyl/N-ethyl adjacent to an activating group) is 1. The zero-order chi connectivity index (χ0) is 15.4. The molecule has 21 heavy (non-hydrogen) atoms. The van der Waals surface area contributed by atoms with Crippen molar-refractivity contribution in [3.8, 4) is 0 Å². The second-order valence-electron chi connectivity index (χ2n) is 4.83. The van der Waals surface area contributed by atoms with Crippen LogP contribution in [0.15, 0.2) is 18.2 Å². The molecule has 1 aliphatic heterocycles. The number of nitrogens with zero attached hydrogens (tertiary/aromatic N) is 3. The van der Waals surface area contributed by atoms with Crippen LogP contribution >= 0.6 is 0 Å². The number of nitrogens with one attached hydrogen (secondary N) is 1. The summed E-state index contributed by atoms with van der Waals surface area (Å²) in [5, 5.41) is 11.0. The fourth-order valence-electron chi connectivity index (χ4n) is 2.46. The first-order chi connectivity index (χ1) is 10.1. The van der Waals surface area contributed by atoms with E-state index in [1.54, 1.807) is 11.0 Å². The summed E-state index contributed by atoms with van der Waals surface area (Å²) >= 11 is 0. The maximum absolute atomic E-state index is 12.5. The fraction of sp³-hybridized carbons (Fsp3) is 0.462. The molecule has 0 atom stereocenters. The van der Waals surface area contributed by atoms with Gasteiger partial charge in [-0.25, -0.2) is 0 Å². The van der Waals surface area contributed by atoms with Crippen LogP contribution in [0.2, 0.25) is 0 Å². The summed E-state index contributed by atoms with van der Waals surface area (Å²) in [5.41, 5.74) is 2.38. The van der Waals surface area contributed by atoms with Crippen LogP contribution < -0.4 is 11.3 Å². The zero-order valence-electron chi connectivity index (χ0n) is 11.9. The van der Waals surface area contributed by atoms with Crippen molar-refractivity contribution in [3.63, 3.8) is 0 Å². The first kappa shape index (κ1) is 15.2. The Hall–Kier alpha value is -2.19. The third kappa shape index (κ3) is 3.11. The van der Waals surface area contributed by atoms with E-state index in [0.29, 0.717) is 13.1 Å². The topological polar surface area (TPSA) is 105 Å². The van der Waals surface area contributed by atoms with Crippen molar-refractivity contribution in [1.82, 2.24) is 9.80 Å². The van der Waals surface area contributed by atoms with Crippen LogP contribution in [-0.2, 0) is 0 Å². The predicted molar refractivity (Wildman–Crippen MR) is 78.9 cm³/mol. The first-order valence-corrected chi connectivity index (χ1v) is 6.84. The van der Waals surface area contributed by atoms with Gasteiger partial charge in [-0.3, -0.25) is 20.8 Å². The third-order valence-corrected chi connectivity index (χ3v) is 3.72. The number of hydrogen-bond acceptors (Lipinski definition) is 6. The average Bonchev–Trinajstić information content (AvgIpc) is 2.53. The number of hydrogen-bond donors (Lipinski definition) is 2. The molecule has 3 N–H and O–H groups in total. The van der Waals surface area contributed by atoms with Crippen molar-refractivity contribution in [2.75, 3.05) is 38.1 Å². The Balaban J connectivity index is 2.24. The Labute approximate surface area is 122 Å². The standard InChI is InChI=1S/C13H19N5O3/c1-2-16-6-8-17(9-7-16)13(19)10-4-3-5-11(18(20)21)12(10)15-14/h3-5,15H,2,6-9,14H2,1H3. The number of para-hydroxylation sites is 1. The molecule has 1 amide bonds. The smallest absolute Gasteiger partial charge is 0.294 e. The first-order valence-electron chi connectivity index (χ1n) is 6.84. The van der Waals surface area contributed by atoms with Crippen LogP contribution in [0.3, 0.4) is 0 Å². The normalized spacial score (nSPS) is 15.8. The van der Waals surface area contributed by atoms with Crippen LogP contribution in [0.4, 0.5) is 11.4 Å². The lowest BCUT2D eigenvalue weighted by Crippen LogP contribution is -2.48. The third-order valence-electron chi connectivity index (χ3n) is 3.72. The van der Waals surface area contributed by atoms with Crippen LogP contribution in [0.25, 0.3) is 0 Å². The van der Waals surface area contributed by atoms with E-state index in [1.165, 1.54) is 12.1 Å². The molecular weight excluding hydrogens is 274 g/mol. The van der Waals surface area contributed by atoms with Gasteiger partial charge in [0.05, 0.1) is 10.5 Å². The summed E-state index contributed by atoms with van der Waals surface area (Å²) in [7, 11) is 0. The minimum absolute atomic E-state index is 0.0606. The highest BCUT2D eigenvalue weighted by Gasteiger charge is 2.26. The van der Waals surface area contributed by atoms with E-state index in [-0.39, 0.29) is 22.8 Å². The highest BCUT2D eigenvalue weighted by molar-refractivity contribution is 6.01. The SMILES string of the molecule is CCN1CCN(C(=O)c2cccc([N+](=O)[O-])c2NN)CC1. The molecule has 0 spiro atoms. The molecule has 1 saturated heterocycles. The summed E-state index contributed by atoms with van der Waals surface area (Å²) in [6, 6.07) is 4.37. The Morgan fingerprint density at radius 2 is 2.05 bits per heavy atom. The van der Waals surface area contributed by atoms with Gasteiger partial charge in [0.25, 0.3) is 11.6 Å². The van der Waals surface area contributed by atoms with Crippen molar-refractivity contribution in [3.05, 3.63) is 33.9 Å². The summed E-state index contributed by atoms with van der Waals surface area (Å²) in [4.78, 5) is 26.9. The van der Waals surface area contributed by atoms with Gasteiger partial charge in [-0.1, -0.05) is 13.0 Å². The number of amides is 1. The largest absolute Gasteiger partial charge is 0.336 e. The second-order valence-corrected chi connectivity index (χ2v) is 4.83. The van der Waals surface area contributed by atoms with Gasteiger partial charge in [0.15, 0.2) is 0 Å². The van der Waals surface area contributed by atoms with Gasteiger partial charge >= 0.3 is 0 Å². The highest BCUT2D eigenvalue weighted by Crippen LogP contribution is 2.28. The average molecular weight is 293 g/mol. The van der Waals surface area contributed by atoms with E-state index >= 15 is 0 Å². The molecule has 0 aliphatic carbocycles. The van der Waals surface area contributed by atoms with Gasteiger partial charge in [-0.05, 0) is 12.6 Å². The van der Waals surface area contributed by atoms with Gasteiger partial charge in [0.2, 0.25) is 0 Å². The molecule has 8 nitrogen and oxygen atoms in total. The quantitative estimate of drug-likeness (QED) is 0.480.